The third-order valence-electron chi connectivity index (χ3n) is 4.05. The van der Waals surface area contributed by atoms with Gasteiger partial charge in [0.25, 0.3) is 0 Å². The molecule has 0 aliphatic carbocycles. The van der Waals surface area contributed by atoms with Crippen molar-refractivity contribution in [2.24, 2.45) is 0 Å². The van der Waals surface area contributed by atoms with E-state index in [4.69, 9.17) is 0 Å². The molecule has 136 valence electrons. The van der Waals surface area contributed by atoms with E-state index < -0.39 is 0 Å². The Balaban J connectivity index is 0.000000948. The lowest BCUT2D eigenvalue weighted by atomic mass is 10.1. The smallest absolute Gasteiger partial charge is 0.166 e. The van der Waals surface area contributed by atoms with Gasteiger partial charge in [-0.2, -0.15) is 5.10 Å². The zero-order valence-corrected chi connectivity index (χ0v) is 15.9. The highest BCUT2D eigenvalue weighted by Gasteiger charge is 2.18. The van der Waals surface area contributed by atoms with Gasteiger partial charge in [-0.1, -0.05) is 26.0 Å². The summed E-state index contributed by atoms with van der Waals surface area (Å²) in [4.78, 5) is 5.13. The molecule has 0 bridgehead atoms. The predicted molar refractivity (Wildman–Crippen MR) is 104 cm³/mol. The van der Waals surface area contributed by atoms with Crippen molar-refractivity contribution in [2.45, 2.75) is 34.2 Å². The Morgan fingerprint density at radius 3 is 2.50 bits per heavy atom. The van der Waals surface area contributed by atoms with Gasteiger partial charge in [0.1, 0.15) is 16.5 Å². The number of aromatic amines is 1. The molecule has 26 heavy (non-hydrogen) atoms. The monoisotopic (exact) mass is 374 g/mol. The van der Waals surface area contributed by atoms with E-state index in [2.05, 4.69) is 20.5 Å². The largest absolute Gasteiger partial charge is 0.363 e. The van der Waals surface area contributed by atoms with Gasteiger partial charge in [0.05, 0.1) is 15.9 Å². The molecule has 0 radical (unpaired) electrons. The number of hydrogen-bond donors (Lipinski definition) is 2. The zero-order valence-electron chi connectivity index (χ0n) is 15.1. The number of aryl methyl sites for hydroxylation is 2. The minimum absolute atomic E-state index is 0.260. The molecule has 0 saturated heterocycles. The number of anilines is 1. The fourth-order valence-electron chi connectivity index (χ4n) is 2.77. The Morgan fingerprint density at radius 2 is 1.81 bits per heavy atom. The Hall–Kier alpha value is -2.54. The van der Waals surface area contributed by atoms with Crippen LogP contribution in [0.2, 0.25) is 0 Å². The third-order valence-corrected chi connectivity index (χ3v) is 5.14. The van der Waals surface area contributed by atoms with Crippen molar-refractivity contribution in [1.82, 2.24) is 15.2 Å². The van der Waals surface area contributed by atoms with Gasteiger partial charge < -0.3 is 5.32 Å². The Labute approximate surface area is 154 Å². The van der Waals surface area contributed by atoms with Gasteiger partial charge in [-0.15, -0.1) is 11.3 Å². The zero-order chi connectivity index (χ0) is 18.8. The predicted octanol–water partition coefficient (Wildman–Crippen LogP) is 5.71. The second kappa shape index (κ2) is 7.37. The lowest BCUT2D eigenvalue weighted by Crippen LogP contribution is -1.99. The second-order valence-corrected chi connectivity index (χ2v) is 6.67. The van der Waals surface area contributed by atoms with Gasteiger partial charge in [0.2, 0.25) is 0 Å². The number of benzene rings is 1. The van der Waals surface area contributed by atoms with Crippen molar-refractivity contribution >= 4 is 37.6 Å². The number of nitrogens with zero attached hydrogens (tertiary/aromatic N) is 2. The van der Waals surface area contributed by atoms with Gasteiger partial charge in [0, 0.05) is 11.9 Å². The van der Waals surface area contributed by atoms with Crippen LogP contribution in [0, 0.1) is 25.5 Å². The molecule has 4 aromatic rings. The molecule has 0 unspecified atom stereocenters. The third kappa shape index (κ3) is 3.14. The van der Waals surface area contributed by atoms with E-state index in [1.807, 2.05) is 13.8 Å². The van der Waals surface area contributed by atoms with Crippen molar-refractivity contribution in [3.63, 3.8) is 0 Å². The number of H-pyrrole nitrogens is 1. The van der Waals surface area contributed by atoms with Crippen LogP contribution in [0.5, 0.6) is 0 Å². The van der Waals surface area contributed by atoms with E-state index in [9.17, 15) is 8.78 Å². The van der Waals surface area contributed by atoms with E-state index in [1.165, 1.54) is 23.5 Å². The standard InChI is InChI=1S/C17H14F2N4S.C2H6/c1-8-12-14-15(24-17(12)21-9(2)13(8)19)16(23-22-14)20-7-10-3-5-11(18)6-4-10;1-2/h3-6H,7H2,1-2H3,(H2,20,22,23);1-2H3. The fourth-order valence-corrected chi connectivity index (χ4v) is 3.97. The average Bonchev–Trinajstić information content (AvgIpc) is 3.20. The first-order valence-electron chi connectivity index (χ1n) is 8.46. The topological polar surface area (TPSA) is 53.6 Å². The summed E-state index contributed by atoms with van der Waals surface area (Å²) in [5.41, 5.74) is 2.72. The van der Waals surface area contributed by atoms with Gasteiger partial charge in [-0.25, -0.2) is 13.8 Å². The summed E-state index contributed by atoms with van der Waals surface area (Å²) >= 11 is 1.48. The highest BCUT2D eigenvalue weighted by Crippen LogP contribution is 2.38. The maximum absolute atomic E-state index is 14.1. The van der Waals surface area contributed by atoms with Gasteiger partial charge in [-0.3, -0.25) is 5.10 Å². The lowest BCUT2D eigenvalue weighted by molar-refractivity contribution is 0.604. The number of hydrogen-bond acceptors (Lipinski definition) is 4. The van der Waals surface area contributed by atoms with Crippen molar-refractivity contribution in [2.75, 3.05) is 5.32 Å². The number of halogens is 2. The summed E-state index contributed by atoms with van der Waals surface area (Å²) in [5.74, 6) is 0.150. The first-order valence-corrected chi connectivity index (χ1v) is 9.28. The SMILES string of the molecule is CC.Cc1nc2sc3c(NCc4ccc(F)cc4)n[nH]c3c2c(C)c1F. The van der Waals surface area contributed by atoms with Crippen LogP contribution < -0.4 is 5.32 Å². The number of thiophene rings is 1. The molecule has 4 nitrogen and oxygen atoms in total. The van der Waals surface area contributed by atoms with Crippen molar-refractivity contribution in [1.29, 1.82) is 0 Å². The fraction of sp³-hybridized carbons (Fsp3) is 0.263. The summed E-state index contributed by atoms with van der Waals surface area (Å²) in [5, 5.41) is 11.3. The molecule has 2 N–H and O–H groups in total. The number of fused-ring (bicyclic) bond motifs is 3. The average molecular weight is 374 g/mol. The van der Waals surface area contributed by atoms with E-state index in [-0.39, 0.29) is 11.6 Å². The van der Waals surface area contributed by atoms with Gasteiger partial charge in [-0.05, 0) is 37.1 Å². The molecule has 0 aliphatic heterocycles. The number of rotatable bonds is 3. The molecular weight excluding hydrogens is 354 g/mol. The van der Waals surface area contributed by atoms with Gasteiger partial charge >= 0.3 is 0 Å². The first kappa shape index (κ1) is 18.3. The maximum atomic E-state index is 14.1. The Kier molecular flexibility index (Phi) is 5.18. The van der Waals surface area contributed by atoms with Crippen LogP contribution in [0.15, 0.2) is 24.3 Å². The molecule has 0 saturated carbocycles. The molecular formula is C19H20F2N4S. The van der Waals surface area contributed by atoms with Crippen LogP contribution in [0.25, 0.3) is 20.4 Å². The van der Waals surface area contributed by atoms with Crippen LogP contribution in [-0.4, -0.2) is 15.2 Å². The summed E-state index contributed by atoms with van der Waals surface area (Å²) in [6, 6.07) is 6.30. The number of aromatic nitrogens is 3. The van der Waals surface area contributed by atoms with Gasteiger partial charge in [0.15, 0.2) is 5.82 Å². The Morgan fingerprint density at radius 1 is 1.12 bits per heavy atom. The molecule has 0 atom stereocenters. The lowest BCUT2D eigenvalue weighted by Gasteiger charge is -2.03. The summed E-state index contributed by atoms with van der Waals surface area (Å²) in [7, 11) is 0. The summed E-state index contributed by atoms with van der Waals surface area (Å²) in [6.07, 6.45) is 0. The van der Waals surface area contributed by atoms with Crippen LogP contribution >= 0.6 is 11.3 Å². The van der Waals surface area contributed by atoms with E-state index in [0.29, 0.717) is 23.6 Å². The minimum atomic E-state index is -0.280. The summed E-state index contributed by atoms with van der Waals surface area (Å²) in [6.45, 7) is 7.95. The van der Waals surface area contributed by atoms with Crippen molar-refractivity contribution in [3.05, 3.63) is 52.7 Å². The second-order valence-electron chi connectivity index (χ2n) is 5.67. The van der Waals surface area contributed by atoms with Crippen LogP contribution in [0.3, 0.4) is 0 Å². The highest BCUT2D eigenvalue weighted by molar-refractivity contribution is 7.26. The quantitative estimate of drug-likeness (QED) is 0.483. The number of pyridine rings is 1. The van der Waals surface area contributed by atoms with Crippen molar-refractivity contribution in [3.8, 4) is 0 Å². The molecule has 0 aliphatic rings. The molecule has 7 heteroatoms. The molecule has 1 aromatic carbocycles. The highest BCUT2D eigenvalue weighted by atomic mass is 32.1. The maximum Gasteiger partial charge on any atom is 0.166 e. The molecule has 3 aromatic heterocycles. The summed E-state index contributed by atoms with van der Waals surface area (Å²) < 4.78 is 28.0. The van der Waals surface area contributed by atoms with Crippen molar-refractivity contribution < 1.29 is 8.78 Å². The number of nitrogens with one attached hydrogen (secondary N) is 2. The minimum Gasteiger partial charge on any atom is -0.363 e. The molecule has 4 rings (SSSR count). The van der Waals surface area contributed by atoms with E-state index >= 15 is 0 Å². The van der Waals surface area contributed by atoms with Crippen LogP contribution in [0.4, 0.5) is 14.6 Å². The molecule has 0 spiro atoms. The molecule has 3 heterocycles. The molecule has 0 fully saturated rings. The Bertz CT molecular complexity index is 1050. The van der Waals surface area contributed by atoms with E-state index in [0.717, 1.165) is 26.0 Å². The molecule has 0 amide bonds. The normalized spacial score (nSPS) is 10.8. The van der Waals surface area contributed by atoms with E-state index in [1.54, 1.807) is 26.0 Å². The van der Waals surface area contributed by atoms with Crippen LogP contribution in [-0.2, 0) is 6.54 Å². The first-order chi connectivity index (χ1) is 12.5. The van der Waals surface area contributed by atoms with Crippen LogP contribution in [0.1, 0.15) is 30.7 Å².